The molecule has 1 saturated heterocycles. The van der Waals surface area contributed by atoms with Crippen molar-refractivity contribution in [1.82, 2.24) is 4.90 Å². The maximum Gasteiger partial charge on any atom is 0.335 e. The minimum absolute atomic E-state index is 0.0114. The van der Waals surface area contributed by atoms with E-state index >= 15 is 0 Å². The van der Waals surface area contributed by atoms with Crippen molar-refractivity contribution in [2.75, 3.05) is 19.3 Å². The van der Waals surface area contributed by atoms with Crippen LogP contribution in [0.3, 0.4) is 0 Å². The van der Waals surface area contributed by atoms with Gasteiger partial charge in [0.25, 0.3) is 0 Å². The van der Waals surface area contributed by atoms with Crippen LogP contribution in [0.15, 0.2) is 90.5 Å². The molecule has 6 heteroatoms. The van der Waals surface area contributed by atoms with Crippen LogP contribution in [0, 0.1) is 0 Å². The Morgan fingerprint density at radius 3 is 1.84 bits per heavy atom. The smallest absolute Gasteiger partial charge is 0.335 e. The van der Waals surface area contributed by atoms with Gasteiger partial charge in [0.2, 0.25) is 0 Å². The number of rotatable bonds is 6. The van der Waals surface area contributed by atoms with E-state index in [-0.39, 0.29) is 16.5 Å². The Labute approximate surface area is 182 Å². The number of hydrogen-bond donors (Lipinski definition) is 1. The van der Waals surface area contributed by atoms with E-state index in [1.807, 2.05) is 36.4 Å². The molecule has 1 aliphatic rings. The van der Waals surface area contributed by atoms with Crippen LogP contribution in [0.5, 0.6) is 0 Å². The fourth-order valence-electron chi connectivity index (χ4n) is 4.13. The molecule has 1 N–H and O–H groups in total. The Morgan fingerprint density at radius 2 is 1.35 bits per heavy atom. The summed E-state index contributed by atoms with van der Waals surface area (Å²) < 4.78 is 25.3. The average molecular weight is 434 g/mol. The summed E-state index contributed by atoms with van der Waals surface area (Å²) in [6, 6.07) is 26.4. The van der Waals surface area contributed by atoms with Crippen LogP contribution in [-0.2, 0) is 9.84 Å². The van der Waals surface area contributed by atoms with Crippen molar-refractivity contribution in [3.05, 3.63) is 113 Å². The van der Waals surface area contributed by atoms with E-state index in [0.29, 0.717) is 18.7 Å². The summed E-state index contributed by atoms with van der Waals surface area (Å²) in [5.74, 6) is -1.08. The van der Waals surface area contributed by atoms with Crippen molar-refractivity contribution in [2.45, 2.75) is 6.04 Å². The zero-order valence-electron chi connectivity index (χ0n) is 17.1. The van der Waals surface area contributed by atoms with E-state index in [0.717, 1.165) is 16.7 Å². The van der Waals surface area contributed by atoms with E-state index in [1.165, 1.54) is 18.4 Å². The topological polar surface area (TPSA) is 74.7 Å². The predicted octanol–water partition coefficient (Wildman–Crippen LogP) is 4.25. The lowest BCUT2D eigenvalue weighted by atomic mass is 9.92. The highest BCUT2D eigenvalue weighted by atomic mass is 32.2. The van der Waals surface area contributed by atoms with Gasteiger partial charge in [-0.05, 0) is 34.4 Å². The largest absolute Gasteiger partial charge is 0.478 e. The highest BCUT2D eigenvalue weighted by Gasteiger charge is 2.34. The molecular weight excluding hydrogens is 410 g/mol. The van der Waals surface area contributed by atoms with Crippen molar-refractivity contribution < 1.29 is 18.3 Å². The first-order valence-corrected chi connectivity index (χ1v) is 11.8. The van der Waals surface area contributed by atoms with Gasteiger partial charge in [0.05, 0.1) is 16.5 Å². The molecule has 0 radical (unpaired) electrons. The fourth-order valence-corrected chi connectivity index (χ4v) is 5.34. The van der Waals surface area contributed by atoms with Gasteiger partial charge in [-0.3, -0.25) is 4.90 Å². The molecule has 0 atom stereocenters. The van der Waals surface area contributed by atoms with E-state index in [2.05, 4.69) is 29.2 Å². The molecule has 5 nitrogen and oxygen atoms in total. The first kappa shape index (κ1) is 21.0. The normalized spacial score (nSPS) is 14.3. The summed E-state index contributed by atoms with van der Waals surface area (Å²) in [6.45, 7) is 0.988. The molecule has 0 spiro atoms. The van der Waals surface area contributed by atoms with Crippen molar-refractivity contribution in [3.63, 3.8) is 0 Å². The van der Waals surface area contributed by atoms with Gasteiger partial charge in [0, 0.05) is 19.3 Å². The summed E-state index contributed by atoms with van der Waals surface area (Å²) in [6.07, 6.45) is 1.18. The van der Waals surface area contributed by atoms with E-state index in [4.69, 9.17) is 0 Å². The van der Waals surface area contributed by atoms with Crippen LogP contribution in [-0.4, -0.2) is 43.7 Å². The molecule has 1 heterocycles. The number of likely N-dealkylation sites (tertiary alicyclic amines) is 1. The molecule has 1 aliphatic heterocycles. The summed E-state index contributed by atoms with van der Waals surface area (Å²) in [5.41, 5.74) is 3.57. The fraction of sp³-hybridized carbons (Fsp3) is 0.160. The Hall–Kier alpha value is -3.22. The van der Waals surface area contributed by atoms with E-state index in [9.17, 15) is 18.3 Å². The van der Waals surface area contributed by atoms with Crippen LogP contribution < -0.4 is 0 Å². The molecule has 0 unspecified atom stereocenters. The molecule has 1 fully saturated rings. The molecular formula is C25H23NO4S. The van der Waals surface area contributed by atoms with Gasteiger partial charge in [0.1, 0.15) is 0 Å². The first-order chi connectivity index (χ1) is 14.8. The third kappa shape index (κ3) is 4.45. The van der Waals surface area contributed by atoms with Gasteiger partial charge >= 0.3 is 5.97 Å². The van der Waals surface area contributed by atoms with Gasteiger partial charge < -0.3 is 5.11 Å². The average Bonchev–Trinajstić information content (AvgIpc) is 2.73. The molecule has 0 amide bonds. The molecule has 3 aromatic carbocycles. The van der Waals surface area contributed by atoms with E-state index in [1.54, 1.807) is 12.1 Å². The number of carboxylic acid groups (broad SMARTS) is 1. The molecule has 0 aromatic heterocycles. The summed E-state index contributed by atoms with van der Waals surface area (Å²) in [5, 5.41) is 9.30. The summed E-state index contributed by atoms with van der Waals surface area (Å²) in [4.78, 5) is 13.8. The summed E-state index contributed by atoms with van der Waals surface area (Å²) >= 11 is 0. The van der Waals surface area contributed by atoms with Gasteiger partial charge in [-0.1, -0.05) is 72.8 Å². The molecule has 0 saturated carbocycles. The zero-order valence-corrected chi connectivity index (χ0v) is 17.9. The van der Waals surface area contributed by atoms with Crippen LogP contribution >= 0.6 is 0 Å². The number of sulfone groups is 1. The Kier molecular flexibility index (Phi) is 5.76. The number of carboxylic acids is 1. The number of carbonyl (C=O) groups is 1. The number of nitrogens with zero attached hydrogens (tertiary/aromatic N) is 1. The lowest BCUT2D eigenvalue weighted by Gasteiger charge is -2.42. The van der Waals surface area contributed by atoms with Crippen LogP contribution in [0.2, 0.25) is 0 Å². The second-order valence-corrected chi connectivity index (χ2v) is 9.67. The first-order valence-electron chi connectivity index (χ1n) is 9.94. The number of benzene rings is 3. The quantitative estimate of drug-likeness (QED) is 0.629. The molecule has 4 rings (SSSR count). The van der Waals surface area contributed by atoms with Crippen LogP contribution in [0.25, 0.3) is 4.91 Å². The molecule has 31 heavy (non-hydrogen) atoms. The van der Waals surface area contributed by atoms with Gasteiger partial charge in [-0.2, -0.15) is 0 Å². The molecule has 3 aromatic rings. The maximum atomic E-state index is 12.6. The Morgan fingerprint density at radius 1 is 0.839 bits per heavy atom. The van der Waals surface area contributed by atoms with Crippen molar-refractivity contribution >= 4 is 20.7 Å². The second kappa shape index (κ2) is 8.49. The molecule has 0 aliphatic carbocycles. The van der Waals surface area contributed by atoms with Crippen molar-refractivity contribution in [3.8, 4) is 0 Å². The monoisotopic (exact) mass is 433 g/mol. The van der Waals surface area contributed by atoms with Crippen LogP contribution in [0.1, 0.15) is 33.1 Å². The van der Waals surface area contributed by atoms with Gasteiger partial charge in [0.15, 0.2) is 9.84 Å². The maximum absolute atomic E-state index is 12.6. The number of aromatic carboxylic acids is 1. The molecule has 0 bridgehead atoms. The Balaban J connectivity index is 1.72. The van der Waals surface area contributed by atoms with Crippen LogP contribution in [0.4, 0.5) is 0 Å². The predicted molar refractivity (Wildman–Crippen MR) is 121 cm³/mol. The standard InChI is InChI=1S/C25H23NO4S/c1-31(29,30)24(20-13-8-14-21(15-20)25(27)28)22-16-26(17-22)23(18-9-4-2-5-10-18)19-11-6-3-7-12-19/h2-15,23H,16-17H2,1H3,(H,27,28). The third-order valence-corrected chi connectivity index (χ3v) is 6.71. The Bertz CT molecular complexity index is 1190. The summed E-state index contributed by atoms with van der Waals surface area (Å²) in [7, 11) is -3.54. The van der Waals surface area contributed by atoms with Crippen molar-refractivity contribution in [1.29, 1.82) is 0 Å². The highest BCUT2D eigenvalue weighted by molar-refractivity contribution is 8.00. The highest BCUT2D eigenvalue weighted by Crippen LogP contribution is 2.38. The molecule has 158 valence electrons. The minimum atomic E-state index is -3.54. The zero-order chi connectivity index (χ0) is 22.0. The lowest BCUT2D eigenvalue weighted by Crippen LogP contribution is -2.44. The van der Waals surface area contributed by atoms with Gasteiger partial charge in [-0.15, -0.1) is 0 Å². The SMILES string of the molecule is CS(=O)(=O)C(=C1CN(C(c2ccccc2)c2ccccc2)C1)c1cccc(C(=O)O)c1. The van der Waals surface area contributed by atoms with Gasteiger partial charge in [-0.25, -0.2) is 13.2 Å². The van der Waals surface area contributed by atoms with E-state index < -0.39 is 15.8 Å². The lowest BCUT2D eigenvalue weighted by molar-refractivity contribution is 0.0697. The second-order valence-electron chi connectivity index (χ2n) is 7.72. The third-order valence-electron chi connectivity index (χ3n) is 5.45. The minimum Gasteiger partial charge on any atom is -0.478 e. The van der Waals surface area contributed by atoms with Crippen molar-refractivity contribution in [2.24, 2.45) is 0 Å². The number of hydrogen-bond acceptors (Lipinski definition) is 4.